The quantitative estimate of drug-likeness (QED) is 0.495. The molecule has 0 aliphatic heterocycles. The zero-order valence-electron chi connectivity index (χ0n) is 10.9. The minimum absolute atomic E-state index is 0.149. The molecule has 100 valence electrons. The Hall–Kier alpha value is -0.100. The molecule has 0 aliphatic rings. The number of amides is 1. The van der Waals surface area contributed by atoms with Gasteiger partial charge in [0.05, 0.1) is 5.56 Å². The molecule has 0 fully saturated rings. The molecule has 1 amide bonds. The van der Waals surface area contributed by atoms with E-state index in [1.165, 1.54) is 0 Å². The fraction of sp³-hybridized carbons (Fsp3) is 0.500. The Morgan fingerprint density at radius 2 is 2.11 bits per heavy atom. The van der Waals surface area contributed by atoms with E-state index < -0.39 is 0 Å². The lowest BCUT2D eigenvalue weighted by molar-refractivity contribution is 0.0763. The molecule has 0 saturated heterocycles. The van der Waals surface area contributed by atoms with Crippen LogP contribution in [0.1, 0.15) is 35.7 Å². The topological polar surface area (TPSA) is 20.3 Å². The molecule has 0 aromatic heterocycles. The molecule has 0 radical (unpaired) electrons. The maximum Gasteiger partial charge on any atom is 0.254 e. The first-order valence-electron chi connectivity index (χ1n) is 6.22. The van der Waals surface area contributed by atoms with Crippen molar-refractivity contribution in [2.45, 2.75) is 26.7 Å². The second-order valence-corrected chi connectivity index (χ2v) is 6.14. The Morgan fingerprint density at radius 3 is 2.72 bits per heavy atom. The Kier molecular flexibility index (Phi) is 7.22. The van der Waals surface area contributed by atoms with Gasteiger partial charge in [-0.1, -0.05) is 41.4 Å². The van der Waals surface area contributed by atoms with E-state index in [0.29, 0.717) is 0 Å². The first-order valence-corrected chi connectivity index (χ1v) is 8.42. The standard InChI is InChI=1S/C14H19BrINO/c1-3-4-9-17(10-8-15)14(18)12-7-5-6-11(2)13(12)16/h5-7H,3-4,8-10H2,1-2H3. The fourth-order valence-electron chi connectivity index (χ4n) is 1.75. The minimum atomic E-state index is 0.149. The van der Waals surface area contributed by atoms with Gasteiger partial charge in [-0.2, -0.15) is 0 Å². The number of rotatable bonds is 6. The summed E-state index contributed by atoms with van der Waals surface area (Å²) in [6.45, 7) is 5.79. The number of aryl methyl sites for hydroxylation is 1. The molecule has 0 spiro atoms. The Morgan fingerprint density at radius 1 is 1.39 bits per heavy atom. The summed E-state index contributed by atoms with van der Waals surface area (Å²) < 4.78 is 1.07. The van der Waals surface area contributed by atoms with Crippen molar-refractivity contribution < 1.29 is 4.79 Å². The van der Waals surface area contributed by atoms with Crippen LogP contribution in [-0.2, 0) is 0 Å². The summed E-state index contributed by atoms with van der Waals surface area (Å²) >= 11 is 5.68. The Labute approximate surface area is 131 Å². The monoisotopic (exact) mass is 423 g/mol. The molecule has 0 N–H and O–H groups in total. The van der Waals surface area contributed by atoms with Crippen molar-refractivity contribution in [3.63, 3.8) is 0 Å². The highest BCUT2D eigenvalue weighted by Crippen LogP contribution is 2.18. The molecule has 4 heteroatoms. The van der Waals surface area contributed by atoms with Crippen LogP contribution in [0.2, 0.25) is 0 Å². The summed E-state index contributed by atoms with van der Waals surface area (Å²) in [6.07, 6.45) is 2.16. The summed E-state index contributed by atoms with van der Waals surface area (Å²) in [6, 6.07) is 5.92. The van der Waals surface area contributed by atoms with E-state index in [-0.39, 0.29) is 5.91 Å². The molecule has 1 aromatic rings. The van der Waals surface area contributed by atoms with Gasteiger partial charge in [-0.05, 0) is 47.6 Å². The maximum absolute atomic E-state index is 12.5. The second kappa shape index (κ2) is 8.15. The van der Waals surface area contributed by atoms with Crippen molar-refractivity contribution in [2.75, 3.05) is 18.4 Å². The molecule has 0 atom stereocenters. The predicted molar refractivity (Wildman–Crippen MR) is 88.5 cm³/mol. The van der Waals surface area contributed by atoms with E-state index in [1.807, 2.05) is 30.0 Å². The predicted octanol–water partition coefficient (Wildman–Crippen LogP) is 4.24. The highest BCUT2D eigenvalue weighted by Gasteiger charge is 2.17. The molecule has 0 heterocycles. The zero-order valence-corrected chi connectivity index (χ0v) is 14.6. The highest BCUT2D eigenvalue weighted by molar-refractivity contribution is 14.1. The third-order valence-corrected chi connectivity index (χ3v) is 4.63. The lowest BCUT2D eigenvalue weighted by atomic mass is 10.1. The third-order valence-electron chi connectivity index (χ3n) is 2.85. The van der Waals surface area contributed by atoms with Gasteiger partial charge in [0.25, 0.3) is 5.91 Å². The number of hydrogen-bond donors (Lipinski definition) is 0. The van der Waals surface area contributed by atoms with Gasteiger partial charge in [-0.3, -0.25) is 4.79 Å². The highest BCUT2D eigenvalue weighted by atomic mass is 127. The van der Waals surface area contributed by atoms with Crippen LogP contribution in [0.5, 0.6) is 0 Å². The van der Waals surface area contributed by atoms with Gasteiger partial charge in [-0.15, -0.1) is 0 Å². The number of halogens is 2. The number of unbranched alkanes of at least 4 members (excludes halogenated alkanes) is 1. The van der Waals surface area contributed by atoms with E-state index in [1.54, 1.807) is 0 Å². The third kappa shape index (κ3) is 4.23. The minimum Gasteiger partial charge on any atom is -0.338 e. The molecular formula is C14H19BrINO. The van der Waals surface area contributed by atoms with Crippen molar-refractivity contribution in [3.05, 3.63) is 32.9 Å². The van der Waals surface area contributed by atoms with Crippen LogP contribution in [0.4, 0.5) is 0 Å². The van der Waals surface area contributed by atoms with Gasteiger partial charge in [0.2, 0.25) is 0 Å². The normalized spacial score (nSPS) is 10.4. The van der Waals surface area contributed by atoms with Gasteiger partial charge in [0.1, 0.15) is 0 Å². The first-order chi connectivity index (χ1) is 8.61. The molecule has 1 aromatic carbocycles. The maximum atomic E-state index is 12.5. The van der Waals surface area contributed by atoms with Gasteiger partial charge in [0.15, 0.2) is 0 Å². The van der Waals surface area contributed by atoms with Crippen LogP contribution in [-0.4, -0.2) is 29.2 Å². The summed E-state index contributed by atoms with van der Waals surface area (Å²) in [5, 5.41) is 0.824. The molecule has 0 aliphatic carbocycles. The van der Waals surface area contributed by atoms with Crippen LogP contribution in [0.15, 0.2) is 18.2 Å². The number of carbonyl (C=O) groups excluding carboxylic acids is 1. The second-order valence-electron chi connectivity index (χ2n) is 4.27. The number of alkyl halides is 1. The largest absolute Gasteiger partial charge is 0.338 e. The molecule has 0 unspecified atom stereocenters. The summed E-state index contributed by atoms with van der Waals surface area (Å²) in [7, 11) is 0. The molecule has 1 rings (SSSR count). The molecular weight excluding hydrogens is 405 g/mol. The summed E-state index contributed by atoms with van der Waals surface area (Å²) in [5.74, 6) is 0.149. The number of benzene rings is 1. The lowest BCUT2D eigenvalue weighted by Gasteiger charge is -2.22. The summed E-state index contributed by atoms with van der Waals surface area (Å²) in [5.41, 5.74) is 1.99. The van der Waals surface area contributed by atoms with E-state index in [4.69, 9.17) is 0 Å². The number of nitrogens with zero attached hydrogens (tertiary/aromatic N) is 1. The van der Waals surface area contributed by atoms with Gasteiger partial charge >= 0.3 is 0 Å². The fourth-order valence-corrected chi connectivity index (χ4v) is 2.77. The smallest absolute Gasteiger partial charge is 0.254 e. The van der Waals surface area contributed by atoms with Crippen LogP contribution < -0.4 is 0 Å². The molecule has 18 heavy (non-hydrogen) atoms. The van der Waals surface area contributed by atoms with E-state index >= 15 is 0 Å². The van der Waals surface area contributed by atoms with Crippen LogP contribution in [0.25, 0.3) is 0 Å². The molecule has 0 saturated carbocycles. The van der Waals surface area contributed by atoms with Gasteiger partial charge in [0, 0.05) is 22.0 Å². The van der Waals surface area contributed by atoms with Crippen LogP contribution in [0.3, 0.4) is 0 Å². The van der Waals surface area contributed by atoms with Gasteiger partial charge < -0.3 is 4.90 Å². The average Bonchev–Trinajstić information content (AvgIpc) is 2.37. The number of hydrogen-bond acceptors (Lipinski definition) is 1. The van der Waals surface area contributed by atoms with Gasteiger partial charge in [-0.25, -0.2) is 0 Å². The van der Waals surface area contributed by atoms with Crippen molar-refractivity contribution in [1.82, 2.24) is 4.90 Å². The van der Waals surface area contributed by atoms with Crippen LogP contribution in [0, 0.1) is 10.5 Å². The van der Waals surface area contributed by atoms with Crippen molar-refractivity contribution in [2.24, 2.45) is 0 Å². The van der Waals surface area contributed by atoms with Crippen LogP contribution >= 0.6 is 38.5 Å². The van der Waals surface area contributed by atoms with Crippen molar-refractivity contribution in [3.8, 4) is 0 Å². The molecule has 0 bridgehead atoms. The van der Waals surface area contributed by atoms with Crippen molar-refractivity contribution >= 4 is 44.4 Å². The number of carbonyl (C=O) groups is 1. The SMILES string of the molecule is CCCCN(CCBr)C(=O)c1cccc(C)c1I. The Bertz CT molecular complexity index is 409. The first kappa shape index (κ1) is 16.0. The lowest BCUT2D eigenvalue weighted by Crippen LogP contribution is -2.34. The summed E-state index contributed by atoms with van der Waals surface area (Å²) in [4.78, 5) is 14.5. The van der Waals surface area contributed by atoms with E-state index in [9.17, 15) is 4.79 Å². The van der Waals surface area contributed by atoms with Crippen molar-refractivity contribution in [1.29, 1.82) is 0 Å². The van der Waals surface area contributed by atoms with E-state index in [2.05, 4.69) is 45.4 Å². The molecule has 2 nitrogen and oxygen atoms in total. The zero-order chi connectivity index (χ0) is 13.5. The average molecular weight is 424 g/mol. The van der Waals surface area contributed by atoms with E-state index in [0.717, 1.165) is 46.0 Å². The Balaban J connectivity index is 2.90.